The SMILES string of the molecule is O=C(Nc1cccc(N2CCOCC2)c1)c1ccco1. The number of ether oxygens (including phenoxy) is 1. The van der Waals surface area contributed by atoms with Crippen molar-refractivity contribution in [2.24, 2.45) is 0 Å². The molecule has 1 fully saturated rings. The van der Waals surface area contributed by atoms with E-state index in [1.165, 1.54) is 6.26 Å². The van der Waals surface area contributed by atoms with E-state index >= 15 is 0 Å². The van der Waals surface area contributed by atoms with Gasteiger partial charge in [0.15, 0.2) is 5.76 Å². The summed E-state index contributed by atoms with van der Waals surface area (Å²) in [6, 6.07) is 11.1. The van der Waals surface area contributed by atoms with Crippen molar-refractivity contribution in [1.29, 1.82) is 0 Å². The molecule has 5 heteroatoms. The third-order valence-corrected chi connectivity index (χ3v) is 3.23. The summed E-state index contributed by atoms with van der Waals surface area (Å²) in [5.41, 5.74) is 1.85. The van der Waals surface area contributed by atoms with Crippen LogP contribution >= 0.6 is 0 Å². The highest BCUT2D eigenvalue weighted by Gasteiger charge is 2.13. The molecular formula is C15H16N2O3. The lowest BCUT2D eigenvalue weighted by Crippen LogP contribution is -2.36. The quantitative estimate of drug-likeness (QED) is 0.932. The summed E-state index contributed by atoms with van der Waals surface area (Å²) in [6.07, 6.45) is 1.49. The van der Waals surface area contributed by atoms with Gasteiger partial charge in [-0.15, -0.1) is 0 Å². The van der Waals surface area contributed by atoms with Crippen molar-refractivity contribution in [3.05, 3.63) is 48.4 Å². The van der Waals surface area contributed by atoms with E-state index in [1.54, 1.807) is 12.1 Å². The summed E-state index contributed by atoms with van der Waals surface area (Å²) in [7, 11) is 0. The number of amides is 1. The summed E-state index contributed by atoms with van der Waals surface area (Å²) in [5.74, 6) is 0.0657. The van der Waals surface area contributed by atoms with Crippen molar-refractivity contribution in [2.75, 3.05) is 36.5 Å². The fourth-order valence-corrected chi connectivity index (χ4v) is 2.20. The Labute approximate surface area is 117 Å². The molecule has 2 aromatic rings. The van der Waals surface area contributed by atoms with E-state index in [0.29, 0.717) is 5.76 Å². The number of morpholine rings is 1. The highest BCUT2D eigenvalue weighted by molar-refractivity contribution is 6.02. The number of benzene rings is 1. The second-order valence-corrected chi connectivity index (χ2v) is 4.58. The molecule has 1 aromatic carbocycles. The molecule has 3 rings (SSSR count). The molecule has 0 aliphatic carbocycles. The van der Waals surface area contributed by atoms with E-state index in [1.807, 2.05) is 24.3 Å². The first-order valence-electron chi connectivity index (χ1n) is 6.60. The molecular weight excluding hydrogens is 256 g/mol. The average Bonchev–Trinajstić information content (AvgIpc) is 3.03. The molecule has 1 saturated heterocycles. The molecule has 5 nitrogen and oxygen atoms in total. The number of hydrogen-bond acceptors (Lipinski definition) is 4. The Morgan fingerprint density at radius 1 is 1.15 bits per heavy atom. The van der Waals surface area contributed by atoms with Gasteiger partial charge in [-0.1, -0.05) is 6.07 Å². The van der Waals surface area contributed by atoms with E-state index < -0.39 is 0 Å². The van der Waals surface area contributed by atoms with E-state index in [2.05, 4.69) is 10.2 Å². The molecule has 0 atom stereocenters. The molecule has 0 saturated carbocycles. The molecule has 1 aliphatic heterocycles. The van der Waals surface area contributed by atoms with E-state index in [4.69, 9.17) is 9.15 Å². The molecule has 20 heavy (non-hydrogen) atoms. The van der Waals surface area contributed by atoms with Gasteiger partial charge in [0.2, 0.25) is 0 Å². The normalized spacial score (nSPS) is 15.1. The number of furan rings is 1. The van der Waals surface area contributed by atoms with Crippen LogP contribution in [-0.4, -0.2) is 32.2 Å². The highest BCUT2D eigenvalue weighted by atomic mass is 16.5. The van der Waals surface area contributed by atoms with Crippen LogP contribution in [0.15, 0.2) is 47.1 Å². The number of nitrogens with one attached hydrogen (secondary N) is 1. The van der Waals surface area contributed by atoms with E-state index in [0.717, 1.165) is 37.7 Å². The molecule has 2 heterocycles. The van der Waals surface area contributed by atoms with Crippen LogP contribution in [0.3, 0.4) is 0 Å². The molecule has 104 valence electrons. The Hall–Kier alpha value is -2.27. The van der Waals surface area contributed by atoms with Crippen molar-refractivity contribution in [3.8, 4) is 0 Å². The summed E-state index contributed by atoms with van der Waals surface area (Å²) in [5, 5.41) is 2.83. The second kappa shape index (κ2) is 5.79. The summed E-state index contributed by atoms with van der Waals surface area (Å²) in [4.78, 5) is 14.2. The van der Waals surface area contributed by atoms with Gasteiger partial charge in [-0.25, -0.2) is 0 Å². The minimum Gasteiger partial charge on any atom is -0.459 e. The first kappa shape index (κ1) is 12.7. The van der Waals surface area contributed by atoms with Gasteiger partial charge in [-0.2, -0.15) is 0 Å². The lowest BCUT2D eigenvalue weighted by atomic mass is 10.2. The maximum absolute atomic E-state index is 11.9. The average molecular weight is 272 g/mol. The molecule has 0 radical (unpaired) electrons. The van der Waals surface area contributed by atoms with Crippen LogP contribution in [0, 0.1) is 0 Å². The van der Waals surface area contributed by atoms with Gasteiger partial charge in [0.05, 0.1) is 19.5 Å². The highest BCUT2D eigenvalue weighted by Crippen LogP contribution is 2.21. The fraction of sp³-hybridized carbons (Fsp3) is 0.267. The van der Waals surface area contributed by atoms with Crippen molar-refractivity contribution >= 4 is 17.3 Å². The van der Waals surface area contributed by atoms with Gasteiger partial charge in [-0.3, -0.25) is 4.79 Å². The molecule has 1 amide bonds. The van der Waals surface area contributed by atoms with E-state index in [-0.39, 0.29) is 5.91 Å². The van der Waals surface area contributed by atoms with Crippen LogP contribution in [0.25, 0.3) is 0 Å². The van der Waals surface area contributed by atoms with Gasteiger partial charge in [0.25, 0.3) is 5.91 Å². The zero-order valence-corrected chi connectivity index (χ0v) is 11.0. The number of anilines is 2. The molecule has 0 unspecified atom stereocenters. The standard InChI is InChI=1S/C15H16N2O3/c18-15(14-5-2-8-20-14)16-12-3-1-4-13(11-12)17-6-9-19-10-7-17/h1-5,8,11H,6-7,9-10H2,(H,16,18). The predicted octanol–water partition coefficient (Wildman–Crippen LogP) is 2.37. The Bertz CT molecular complexity index is 575. The summed E-state index contributed by atoms with van der Waals surface area (Å²) in [6.45, 7) is 3.22. The molecule has 0 spiro atoms. The van der Waals surface area contributed by atoms with Crippen LogP contribution in [0.5, 0.6) is 0 Å². The van der Waals surface area contributed by atoms with Crippen LogP contribution in [-0.2, 0) is 4.74 Å². The fourth-order valence-electron chi connectivity index (χ4n) is 2.20. The minimum absolute atomic E-state index is 0.242. The summed E-state index contributed by atoms with van der Waals surface area (Å²) < 4.78 is 10.4. The van der Waals surface area contributed by atoms with Crippen molar-refractivity contribution in [2.45, 2.75) is 0 Å². The monoisotopic (exact) mass is 272 g/mol. The number of nitrogens with zero attached hydrogens (tertiary/aromatic N) is 1. The van der Waals surface area contributed by atoms with Crippen LogP contribution in [0.1, 0.15) is 10.6 Å². The topological polar surface area (TPSA) is 54.7 Å². The van der Waals surface area contributed by atoms with Crippen molar-refractivity contribution in [1.82, 2.24) is 0 Å². The van der Waals surface area contributed by atoms with Gasteiger partial charge < -0.3 is 19.4 Å². The van der Waals surface area contributed by atoms with Crippen molar-refractivity contribution in [3.63, 3.8) is 0 Å². The third kappa shape index (κ3) is 2.83. The van der Waals surface area contributed by atoms with Gasteiger partial charge in [0, 0.05) is 24.5 Å². The number of carbonyl (C=O) groups excluding carboxylic acids is 1. The largest absolute Gasteiger partial charge is 0.459 e. The first-order valence-corrected chi connectivity index (χ1v) is 6.60. The molecule has 0 bridgehead atoms. The van der Waals surface area contributed by atoms with Crippen molar-refractivity contribution < 1.29 is 13.9 Å². The molecule has 1 aliphatic rings. The number of hydrogen-bond donors (Lipinski definition) is 1. The Morgan fingerprint density at radius 2 is 2.00 bits per heavy atom. The number of carbonyl (C=O) groups is 1. The van der Waals surface area contributed by atoms with Crippen LogP contribution in [0.4, 0.5) is 11.4 Å². The summed E-state index contributed by atoms with van der Waals surface area (Å²) >= 11 is 0. The zero-order chi connectivity index (χ0) is 13.8. The molecule has 1 aromatic heterocycles. The Kier molecular flexibility index (Phi) is 3.69. The van der Waals surface area contributed by atoms with Gasteiger partial charge in [-0.05, 0) is 30.3 Å². The number of rotatable bonds is 3. The smallest absolute Gasteiger partial charge is 0.291 e. The lowest BCUT2D eigenvalue weighted by molar-refractivity contribution is 0.0996. The van der Waals surface area contributed by atoms with Crippen LogP contribution in [0.2, 0.25) is 0 Å². The lowest BCUT2D eigenvalue weighted by Gasteiger charge is -2.29. The maximum atomic E-state index is 11.9. The van der Waals surface area contributed by atoms with Gasteiger partial charge >= 0.3 is 0 Å². The first-order chi connectivity index (χ1) is 9.83. The Balaban J connectivity index is 1.72. The van der Waals surface area contributed by atoms with Gasteiger partial charge in [0.1, 0.15) is 0 Å². The maximum Gasteiger partial charge on any atom is 0.291 e. The third-order valence-electron chi connectivity index (χ3n) is 3.23. The zero-order valence-electron chi connectivity index (χ0n) is 11.0. The second-order valence-electron chi connectivity index (χ2n) is 4.58. The van der Waals surface area contributed by atoms with E-state index in [9.17, 15) is 4.79 Å². The Morgan fingerprint density at radius 3 is 2.75 bits per heavy atom. The molecule has 1 N–H and O–H groups in total. The predicted molar refractivity (Wildman–Crippen MR) is 76.1 cm³/mol. The minimum atomic E-state index is -0.242. The van der Waals surface area contributed by atoms with Crippen LogP contribution < -0.4 is 10.2 Å².